The average molecular weight is 571 g/mol. The molecule has 0 bridgehead atoms. The minimum atomic E-state index is -3.98. The highest BCUT2D eigenvalue weighted by atomic mass is 35.5. The largest absolute Gasteiger partial charge is 0.493 e. The molecule has 0 unspecified atom stereocenters. The summed E-state index contributed by atoms with van der Waals surface area (Å²) in [5.41, 5.74) is 0.745. The van der Waals surface area contributed by atoms with Gasteiger partial charge in [0.25, 0.3) is 15.9 Å². The van der Waals surface area contributed by atoms with Crippen LogP contribution in [0, 0.1) is 0 Å². The maximum absolute atomic E-state index is 13.0. The van der Waals surface area contributed by atoms with Gasteiger partial charge in [0.1, 0.15) is 4.21 Å². The van der Waals surface area contributed by atoms with Crippen molar-refractivity contribution in [3.63, 3.8) is 0 Å². The van der Waals surface area contributed by atoms with Crippen LogP contribution in [0.3, 0.4) is 0 Å². The molecule has 0 N–H and O–H groups in total. The summed E-state index contributed by atoms with van der Waals surface area (Å²) in [6.45, 7) is 4.85. The zero-order valence-electron chi connectivity index (χ0n) is 20.7. The van der Waals surface area contributed by atoms with Crippen molar-refractivity contribution in [2.45, 2.75) is 56.6 Å². The van der Waals surface area contributed by atoms with E-state index in [1.165, 1.54) is 42.7 Å². The van der Waals surface area contributed by atoms with Gasteiger partial charge in [-0.15, -0.1) is 15.7 Å². The number of thiophene rings is 1. The number of benzene rings is 1. The zero-order chi connectivity index (χ0) is 26.1. The summed E-state index contributed by atoms with van der Waals surface area (Å²) in [6.07, 6.45) is 8.72. The summed E-state index contributed by atoms with van der Waals surface area (Å²) < 4.78 is 41.1. The molecule has 1 aliphatic heterocycles. The highest BCUT2D eigenvalue weighted by molar-refractivity contribution is 8.19. The Labute approximate surface area is 226 Å². The van der Waals surface area contributed by atoms with E-state index >= 15 is 0 Å². The molecule has 1 aromatic heterocycles. The first-order chi connectivity index (χ1) is 17.3. The summed E-state index contributed by atoms with van der Waals surface area (Å²) in [4.78, 5) is 14.7. The predicted molar refractivity (Wildman–Crippen MR) is 149 cm³/mol. The number of carbonyl (C=O) groups excluding carboxylic acids is 1. The molecule has 2 aromatic rings. The minimum absolute atomic E-state index is 0.0313. The molecule has 1 fully saturated rings. The molecule has 0 radical (unpaired) electrons. The van der Waals surface area contributed by atoms with Crippen molar-refractivity contribution < 1.29 is 22.7 Å². The van der Waals surface area contributed by atoms with Gasteiger partial charge in [0.2, 0.25) is 0 Å². The van der Waals surface area contributed by atoms with Crippen LogP contribution in [0.5, 0.6) is 11.5 Å². The van der Waals surface area contributed by atoms with E-state index in [4.69, 9.17) is 21.1 Å². The van der Waals surface area contributed by atoms with E-state index in [2.05, 4.69) is 11.3 Å². The van der Waals surface area contributed by atoms with E-state index in [0.29, 0.717) is 27.3 Å². The van der Waals surface area contributed by atoms with Gasteiger partial charge < -0.3 is 9.47 Å². The van der Waals surface area contributed by atoms with Crippen molar-refractivity contribution in [2.75, 3.05) is 20.3 Å². The Morgan fingerprint density at radius 2 is 1.81 bits per heavy atom. The van der Waals surface area contributed by atoms with Gasteiger partial charge in [0.05, 0.1) is 23.0 Å². The van der Waals surface area contributed by atoms with Gasteiger partial charge in [-0.2, -0.15) is 8.42 Å². The van der Waals surface area contributed by atoms with Gasteiger partial charge in [-0.1, -0.05) is 56.7 Å². The summed E-state index contributed by atoms with van der Waals surface area (Å²) in [5, 5.41) is 0.117. The van der Waals surface area contributed by atoms with Crippen LogP contribution in [-0.4, -0.2) is 44.7 Å². The lowest BCUT2D eigenvalue weighted by Gasteiger charge is -2.12. The molecule has 0 saturated carbocycles. The fourth-order valence-electron chi connectivity index (χ4n) is 3.55. The molecule has 1 saturated heterocycles. The van der Waals surface area contributed by atoms with E-state index in [-0.39, 0.29) is 21.8 Å². The fourth-order valence-corrected chi connectivity index (χ4v) is 7.26. The highest BCUT2D eigenvalue weighted by Gasteiger charge is 2.34. The molecule has 2 heterocycles. The third kappa shape index (κ3) is 7.50. The number of unbranched alkanes of at least 4 members (excludes halogenated alkanes) is 5. The monoisotopic (exact) mass is 570 g/mol. The third-order valence-electron chi connectivity index (χ3n) is 5.45. The summed E-state index contributed by atoms with van der Waals surface area (Å²) >= 11 is 7.84. The SMILES string of the molecule is CCCCCCCCOc1cc(C=C2SC(=NS(=O)(=O)c3ccc(Cl)s3)N(CC)C2=O)ccc1OC. The predicted octanol–water partition coefficient (Wildman–Crippen LogP) is 6.83. The number of likely N-dealkylation sites (N-methyl/N-ethyl adjacent to an activating group) is 1. The standard InChI is InChI=1S/C25H31ClN2O5S3/c1-4-6-7-8-9-10-15-33-20-16-18(11-12-19(20)32-3)17-21-24(29)28(5-2)25(34-21)27-36(30,31)23-14-13-22(26)35-23/h11-14,16-17H,4-10,15H2,1-3H3. The van der Waals surface area contributed by atoms with E-state index < -0.39 is 10.0 Å². The normalized spacial score (nSPS) is 16.3. The molecule has 36 heavy (non-hydrogen) atoms. The van der Waals surface area contributed by atoms with Crippen LogP contribution in [-0.2, 0) is 14.8 Å². The highest BCUT2D eigenvalue weighted by Crippen LogP contribution is 2.36. The Balaban J connectivity index is 1.76. The molecule has 1 aromatic carbocycles. The van der Waals surface area contributed by atoms with Gasteiger partial charge in [-0.25, -0.2) is 0 Å². The number of thioether (sulfide) groups is 1. The lowest BCUT2D eigenvalue weighted by Crippen LogP contribution is -2.29. The number of rotatable bonds is 13. The van der Waals surface area contributed by atoms with Crippen LogP contribution in [0.15, 0.2) is 43.8 Å². The quantitative estimate of drug-likeness (QED) is 0.194. The Morgan fingerprint density at radius 3 is 2.47 bits per heavy atom. The first-order valence-corrected chi connectivity index (χ1v) is 15.4. The lowest BCUT2D eigenvalue weighted by molar-refractivity contribution is -0.122. The van der Waals surface area contributed by atoms with Crippen LogP contribution in [0.4, 0.5) is 0 Å². The number of nitrogens with zero attached hydrogens (tertiary/aromatic N) is 2. The van der Waals surface area contributed by atoms with Gasteiger partial charge in [0, 0.05) is 6.54 Å². The van der Waals surface area contributed by atoms with Gasteiger partial charge >= 0.3 is 0 Å². The topological polar surface area (TPSA) is 85.3 Å². The number of carbonyl (C=O) groups is 1. The molecule has 1 amide bonds. The summed E-state index contributed by atoms with van der Waals surface area (Å²) in [5.74, 6) is 0.923. The van der Waals surface area contributed by atoms with E-state index in [1.807, 2.05) is 12.1 Å². The van der Waals surface area contributed by atoms with Crippen LogP contribution in [0.25, 0.3) is 6.08 Å². The van der Waals surface area contributed by atoms with Crippen LogP contribution >= 0.6 is 34.7 Å². The van der Waals surface area contributed by atoms with Gasteiger partial charge in [-0.3, -0.25) is 9.69 Å². The molecular weight excluding hydrogens is 540 g/mol. The molecule has 0 aliphatic carbocycles. The molecule has 7 nitrogen and oxygen atoms in total. The molecule has 0 spiro atoms. The number of amides is 1. The van der Waals surface area contributed by atoms with Crippen molar-refractivity contribution in [1.82, 2.24) is 4.90 Å². The van der Waals surface area contributed by atoms with Crippen LogP contribution in [0.1, 0.15) is 57.9 Å². The van der Waals surface area contributed by atoms with Crippen molar-refractivity contribution in [3.05, 3.63) is 45.1 Å². The van der Waals surface area contributed by atoms with Crippen molar-refractivity contribution in [3.8, 4) is 11.5 Å². The van der Waals surface area contributed by atoms with Crippen LogP contribution in [0.2, 0.25) is 4.34 Å². The Kier molecular flexibility index (Phi) is 10.7. The number of hydrogen-bond acceptors (Lipinski definition) is 7. The van der Waals surface area contributed by atoms with Crippen LogP contribution < -0.4 is 9.47 Å². The van der Waals surface area contributed by atoms with Crippen molar-refractivity contribution >= 4 is 61.9 Å². The fraction of sp³-hybridized carbons (Fsp3) is 0.440. The summed E-state index contributed by atoms with van der Waals surface area (Å²) in [6, 6.07) is 8.36. The van der Waals surface area contributed by atoms with E-state index in [1.54, 1.807) is 26.2 Å². The molecule has 11 heteroatoms. The van der Waals surface area contributed by atoms with Gasteiger partial charge in [0.15, 0.2) is 16.7 Å². The first kappa shape index (κ1) is 28.6. The lowest BCUT2D eigenvalue weighted by atomic mass is 10.1. The number of methoxy groups -OCH3 is 1. The average Bonchev–Trinajstić information content (AvgIpc) is 3.41. The summed E-state index contributed by atoms with van der Waals surface area (Å²) in [7, 11) is -2.39. The van der Waals surface area contributed by atoms with E-state index in [9.17, 15) is 13.2 Å². The Hall–Kier alpha value is -2.01. The number of ether oxygens (including phenoxy) is 2. The number of halogens is 1. The first-order valence-electron chi connectivity index (χ1n) is 11.9. The van der Waals surface area contributed by atoms with Gasteiger partial charge in [-0.05, 0) is 61.0 Å². The maximum Gasteiger partial charge on any atom is 0.294 e. The second kappa shape index (κ2) is 13.5. The van der Waals surface area contributed by atoms with Crippen molar-refractivity contribution in [1.29, 1.82) is 0 Å². The Bertz CT molecular complexity index is 1220. The van der Waals surface area contributed by atoms with E-state index in [0.717, 1.165) is 41.5 Å². The number of sulfonamides is 1. The van der Waals surface area contributed by atoms with Crippen molar-refractivity contribution in [2.24, 2.45) is 4.40 Å². The molecule has 1 aliphatic rings. The number of hydrogen-bond donors (Lipinski definition) is 0. The Morgan fingerprint density at radius 1 is 1.06 bits per heavy atom. The second-order valence-electron chi connectivity index (χ2n) is 8.09. The zero-order valence-corrected chi connectivity index (χ0v) is 23.9. The number of amidine groups is 1. The minimum Gasteiger partial charge on any atom is -0.493 e. The molecule has 3 rings (SSSR count). The smallest absolute Gasteiger partial charge is 0.294 e. The third-order valence-corrected chi connectivity index (χ3v) is 9.53. The maximum atomic E-state index is 13.0. The molecule has 0 atom stereocenters. The molecule has 196 valence electrons. The molecular formula is C25H31ClN2O5S3. The second-order valence-corrected chi connectivity index (χ2v) is 12.6.